The van der Waals surface area contributed by atoms with Gasteiger partial charge in [0.1, 0.15) is 17.3 Å². The Balaban J connectivity index is 1.69. The van der Waals surface area contributed by atoms with Crippen molar-refractivity contribution in [3.63, 3.8) is 0 Å². The van der Waals surface area contributed by atoms with E-state index in [1.165, 1.54) is 12.1 Å². The molecule has 0 fully saturated rings. The molecule has 2 heterocycles. The topological polar surface area (TPSA) is 62.7 Å². The molecule has 5 heteroatoms. The van der Waals surface area contributed by atoms with Gasteiger partial charge in [0.2, 0.25) is 5.89 Å². The number of nitrogens with zero attached hydrogens (tertiary/aromatic N) is 3. The summed E-state index contributed by atoms with van der Waals surface area (Å²) >= 11 is 0. The summed E-state index contributed by atoms with van der Waals surface area (Å²) in [7, 11) is 0. The van der Waals surface area contributed by atoms with Crippen LogP contribution in [0.15, 0.2) is 47.0 Å². The first-order valence-corrected chi connectivity index (χ1v) is 8.25. The first-order valence-electron chi connectivity index (χ1n) is 8.25. The van der Waals surface area contributed by atoms with Gasteiger partial charge >= 0.3 is 0 Å². The van der Waals surface area contributed by atoms with Crippen LogP contribution in [0.4, 0.5) is 4.39 Å². The number of nitriles is 1. The first-order chi connectivity index (χ1) is 12.1. The summed E-state index contributed by atoms with van der Waals surface area (Å²) in [6.45, 7) is 2.09. The van der Waals surface area contributed by atoms with Crippen molar-refractivity contribution in [2.45, 2.75) is 31.6 Å². The second-order valence-corrected chi connectivity index (χ2v) is 6.47. The molecular formula is C20H16FN3O. The number of hydrogen-bond donors (Lipinski definition) is 0. The average Bonchev–Trinajstić information content (AvgIpc) is 3.07. The Morgan fingerprint density at radius 2 is 2.16 bits per heavy atom. The molecule has 3 aromatic rings. The second kappa shape index (κ2) is 6.14. The van der Waals surface area contributed by atoms with Crippen molar-refractivity contribution < 1.29 is 8.81 Å². The van der Waals surface area contributed by atoms with Gasteiger partial charge in [-0.2, -0.15) is 5.26 Å². The van der Waals surface area contributed by atoms with Crippen LogP contribution < -0.4 is 0 Å². The minimum atomic E-state index is -0.373. The molecule has 1 aromatic carbocycles. The van der Waals surface area contributed by atoms with Crippen LogP contribution in [0.2, 0.25) is 0 Å². The van der Waals surface area contributed by atoms with Crippen molar-refractivity contribution in [3.8, 4) is 17.7 Å². The van der Waals surface area contributed by atoms with Gasteiger partial charge in [-0.25, -0.2) is 9.37 Å². The third-order valence-electron chi connectivity index (χ3n) is 4.66. The normalized spacial score (nSPS) is 19.2. The highest BCUT2D eigenvalue weighted by atomic mass is 19.1. The Kier molecular flexibility index (Phi) is 3.81. The minimum Gasteiger partial charge on any atom is -0.439 e. The van der Waals surface area contributed by atoms with Crippen LogP contribution >= 0.6 is 0 Å². The van der Waals surface area contributed by atoms with E-state index in [9.17, 15) is 4.39 Å². The van der Waals surface area contributed by atoms with E-state index in [-0.39, 0.29) is 17.7 Å². The van der Waals surface area contributed by atoms with E-state index in [4.69, 9.17) is 9.68 Å². The van der Waals surface area contributed by atoms with Gasteiger partial charge in [0.15, 0.2) is 0 Å². The zero-order valence-electron chi connectivity index (χ0n) is 13.7. The van der Waals surface area contributed by atoms with Crippen molar-refractivity contribution in [1.29, 1.82) is 5.26 Å². The molecule has 0 bridgehead atoms. The molecule has 0 saturated carbocycles. The standard InChI is InChI=1S/C20H16FN3O/c1-12-6-14(15-7-13(11-22)8-16(21)9-15)10-18-19(12)25-20(24-18)17-4-2-3-5-23-17/h2-5,7-9,12,14H,6,10H2,1H3. The number of benzene rings is 1. The van der Waals surface area contributed by atoms with Gasteiger partial charge in [0.25, 0.3) is 0 Å². The van der Waals surface area contributed by atoms with Gasteiger partial charge in [-0.3, -0.25) is 4.98 Å². The van der Waals surface area contributed by atoms with Crippen molar-refractivity contribution in [1.82, 2.24) is 9.97 Å². The number of pyridine rings is 1. The summed E-state index contributed by atoms with van der Waals surface area (Å²) in [6.07, 6.45) is 3.21. The van der Waals surface area contributed by atoms with Gasteiger partial charge in [-0.15, -0.1) is 0 Å². The Labute approximate surface area is 145 Å². The van der Waals surface area contributed by atoms with Crippen LogP contribution in [-0.2, 0) is 6.42 Å². The summed E-state index contributed by atoms with van der Waals surface area (Å²) in [5, 5.41) is 9.07. The van der Waals surface area contributed by atoms with Crippen LogP contribution in [-0.4, -0.2) is 9.97 Å². The molecule has 4 rings (SSSR count). The Hall–Kier alpha value is -3.00. The SMILES string of the molecule is CC1CC(c2cc(F)cc(C#N)c2)Cc2nc(-c3ccccn3)oc21. The maximum Gasteiger partial charge on any atom is 0.245 e. The summed E-state index contributed by atoms with van der Waals surface area (Å²) in [5.74, 6) is 1.32. The summed E-state index contributed by atoms with van der Waals surface area (Å²) in [6, 6.07) is 12.2. The second-order valence-electron chi connectivity index (χ2n) is 6.47. The van der Waals surface area contributed by atoms with Gasteiger partial charge < -0.3 is 4.42 Å². The van der Waals surface area contributed by atoms with Crippen molar-refractivity contribution >= 4 is 0 Å². The molecule has 0 aliphatic heterocycles. The van der Waals surface area contributed by atoms with Crippen LogP contribution in [0.25, 0.3) is 11.6 Å². The van der Waals surface area contributed by atoms with Crippen LogP contribution in [0.1, 0.15) is 47.8 Å². The maximum absolute atomic E-state index is 13.8. The number of hydrogen-bond acceptors (Lipinski definition) is 4. The molecule has 0 saturated heterocycles. The first kappa shape index (κ1) is 15.5. The highest BCUT2D eigenvalue weighted by Gasteiger charge is 2.31. The van der Waals surface area contributed by atoms with Gasteiger partial charge in [-0.1, -0.05) is 13.0 Å². The molecule has 1 aliphatic carbocycles. The molecule has 2 atom stereocenters. The average molecular weight is 333 g/mol. The van der Waals surface area contributed by atoms with Crippen LogP contribution in [0, 0.1) is 17.1 Å². The molecule has 2 aromatic heterocycles. The molecular weight excluding hydrogens is 317 g/mol. The fraction of sp³-hybridized carbons (Fsp3) is 0.250. The van der Waals surface area contributed by atoms with E-state index in [0.29, 0.717) is 23.6 Å². The number of rotatable bonds is 2. The summed E-state index contributed by atoms with van der Waals surface area (Å²) in [5.41, 5.74) is 2.80. The van der Waals surface area contributed by atoms with Gasteiger partial charge in [0, 0.05) is 18.5 Å². The Morgan fingerprint density at radius 1 is 1.28 bits per heavy atom. The van der Waals surface area contributed by atoms with E-state index in [1.54, 1.807) is 12.3 Å². The predicted molar refractivity (Wildman–Crippen MR) is 90.3 cm³/mol. The molecule has 0 amide bonds. The monoisotopic (exact) mass is 333 g/mol. The number of fused-ring (bicyclic) bond motifs is 1. The zero-order valence-corrected chi connectivity index (χ0v) is 13.7. The van der Waals surface area contributed by atoms with Gasteiger partial charge in [0.05, 0.1) is 17.3 Å². The lowest BCUT2D eigenvalue weighted by molar-refractivity contribution is 0.414. The van der Waals surface area contributed by atoms with E-state index in [1.807, 2.05) is 24.3 Å². The van der Waals surface area contributed by atoms with E-state index in [0.717, 1.165) is 23.4 Å². The third kappa shape index (κ3) is 2.91. The van der Waals surface area contributed by atoms with Crippen molar-refractivity contribution in [2.75, 3.05) is 0 Å². The number of aromatic nitrogens is 2. The maximum atomic E-state index is 13.8. The Bertz CT molecular complexity index is 959. The lowest BCUT2D eigenvalue weighted by Gasteiger charge is -2.25. The minimum absolute atomic E-state index is 0.118. The van der Waals surface area contributed by atoms with Gasteiger partial charge in [-0.05, 0) is 48.2 Å². The smallest absolute Gasteiger partial charge is 0.245 e. The molecule has 0 spiro atoms. The fourth-order valence-corrected chi connectivity index (χ4v) is 3.51. The molecule has 124 valence electrons. The lowest BCUT2D eigenvalue weighted by Crippen LogP contribution is -2.15. The Morgan fingerprint density at radius 3 is 2.92 bits per heavy atom. The number of halogens is 1. The highest BCUT2D eigenvalue weighted by Crippen LogP contribution is 2.41. The van der Waals surface area contributed by atoms with Crippen LogP contribution in [0.5, 0.6) is 0 Å². The molecule has 0 radical (unpaired) electrons. The molecule has 25 heavy (non-hydrogen) atoms. The molecule has 4 nitrogen and oxygen atoms in total. The molecule has 1 aliphatic rings. The molecule has 0 N–H and O–H groups in total. The highest BCUT2D eigenvalue weighted by molar-refractivity contribution is 5.48. The quantitative estimate of drug-likeness (QED) is 0.688. The zero-order chi connectivity index (χ0) is 17.4. The fourth-order valence-electron chi connectivity index (χ4n) is 3.51. The van der Waals surface area contributed by atoms with Crippen molar-refractivity contribution in [3.05, 3.63) is 71.0 Å². The third-order valence-corrected chi connectivity index (χ3v) is 4.66. The lowest BCUT2D eigenvalue weighted by atomic mass is 9.79. The van der Waals surface area contributed by atoms with E-state index >= 15 is 0 Å². The number of oxazole rings is 1. The van der Waals surface area contributed by atoms with Crippen molar-refractivity contribution in [2.24, 2.45) is 0 Å². The summed E-state index contributed by atoms with van der Waals surface area (Å²) in [4.78, 5) is 8.91. The predicted octanol–water partition coefficient (Wildman–Crippen LogP) is 4.58. The summed E-state index contributed by atoms with van der Waals surface area (Å²) < 4.78 is 19.8. The van der Waals surface area contributed by atoms with E-state index in [2.05, 4.69) is 16.9 Å². The molecule has 2 unspecified atom stereocenters. The van der Waals surface area contributed by atoms with Crippen LogP contribution in [0.3, 0.4) is 0 Å². The van der Waals surface area contributed by atoms with E-state index < -0.39 is 0 Å². The largest absolute Gasteiger partial charge is 0.439 e.